The fourth-order valence-electron chi connectivity index (χ4n) is 1.44. The third-order valence-electron chi connectivity index (χ3n) is 2.44. The van der Waals surface area contributed by atoms with E-state index in [4.69, 9.17) is 5.11 Å². The van der Waals surface area contributed by atoms with Crippen LogP contribution in [-0.2, 0) is 11.3 Å². The molecule has 0 spiro atoms. The number of aliphatic carboxylic acids is 1. The van der Waals surface area contributed by atoms with Gasteiger partial charge in [0.1, 0.15) is 6.54 Å². The molecule has 0 unspecified atom stereocenters. The molecule has 0 aliphatic carbocycles. The molecular weight excluding hydrogens is 282 g/mol. The van der Waals surface area contributed by atoms with E-state index in [2.05, 4.69) is 20.7 Å². The zero-order chi connectivity index (χ0) is 14.7. The first kappa shape index (κ1) is 14.0. The van der Waals surface area contributed by atoms with Crippen molar-refractivity contribution in [1.29, 1.82) is 0 Å². The molecule has 0 saturated heterocycles. The molecule has 9 heteroatoms. The summed E-state index contributed by atoms with van der Waals surface area (Å²) in [5.74, 6) is -1.00. The SMILES string of the molecule is Cc1nc(NC(=O)Nc2cnn(CC(=O)O)c2)sc1C. The molecule has 0 fully saturated rings. The molecule has 2 aromatic heterocycles. The Balaban J connectivity index is 1.94. The first-order valence-electron chi connectivity index (χ1n) is 5.70. The molecule has 106 valence electrons. The number of hydrogen-bond donors (Lipinski definition) is 3. The van der Waals surface area contributed by atoms with Crippen molar-refractivity contribution in [1.82, 2.24) is 14.8 Å². The Labute approximate surface area is 118 Å². The Morgan fingerprint density at radius 1 is 1.40 bits per heavy atom. The summed E-state index contributed by atoms with van der Waals surface area (Å²) in [5.41, 5.74) is 1.29. The summed E-state index contributed by atoms with van der Waals surface area (Å²) in [7, 11) is 0. The number of aromatic nitrogens is 3. The third-order valence-corrected chi connectivity index (χ3v) is 3.43. The number of aryl methyl sites for hydroxylation is 2. The Morgan fingerprint density at radius 2 is 2.15 bits per heavy atom. The summed E-state index contributed by atoms with van der Waals surface area (Å²) >= 11 is 1.39. The van der Waals surface area contributed by atoms with Crippen molar-refractivity contribution in [3.8, 4) is 0 Å². The largest absolute Gasteiger partial charge is 0.480 e. The molecule has 3 N–H and O–H groups in total. The van der Waals surface area contributed by atoms with Gasteiger partial charge in [-0.3, -0.25) is 14.8 Å². The van der Waals surface area contributed by atoms with E-state index < -0.39 is 12.0 Å². The summed E-state index contributed by atoms with van der Waals surface area (Å²) in [5, 5.41) is 18.1. The van der Waals surface area contributed by atoms with E-state index in [-0.39, 0.29) is 6.54 Å². The summed E-state index contributed by atoms with van der Waals surface area (Å²) in [6.45, 7) is 3.53. The maximum atomic E-state index is 11.7. The van der Waals surface area contributed by atoms with Gasteiger partial charge in [-0.15, -0.1) is 11.3 Å². The van der Waals surface area contributed by atoms with Gasteiger partial charge in [0.05, 0.1) is 17.6 Å². The van der Waals surface area contributed by atoms with E-state index in [0.29, 0.717) is 10.8 Å². The fourth-order valence-corrected chi connectivity index (χ4v) is 2.25. The van der Waals surface area contributed by atoms with Crippen LogP contribution in [0.15, 0.2) is 12.4 Å². The maximum Gasteiger partial charge on any atom is 0.325 e. The topological polar surface area (TPSA) is 109 Å². The monoisotopic (exact) mass is 295 g/mol. The first-order valence-corrected chi connectivity index (χ1v) is 6.52. The number of hydrogen-bond acceptors (Lipinski definition) is 5. The van der Waals surface area contributed by atoms with E-state index in [0.717, 1.165) is 10.6 Å². The number of nitrogens with one attached hydrogen (secondary N) is 2. The van der Waals surface area contributed by atoms with E-state index in [1.165, 1.54) is 28.4 Å². The van der Waals surface area contributed by atoms with Crippen molar-refractivity contribution in [2.75, 3.05) is 10.6 Å². The van der Waals surface area contributed by atoms with Crippen molar-refractivity contribution in [3.63, 3.8) is 0 Å². The van der Waals surface area contributed by atoms with Crippen LogP contribution >= 0.6 is 11.3 Å². The molecule has 0 aliphatic heterocycles. The molecule has 0 radical (unpaired) electrons. The Kier molecular flexibility index (Phi) is 3.99. The third kappa shape index (κ3) is 3.54. The summed E-state index contributed by atoms with van der Waals surface area (Å²) in [4.78, 5) is 27.5. The predicted octanol–water partition coefficient (Wildman–Crippen LogP) is 1.69. The minimum atomic E-state index is -1.00. The standard InChI is InChI=1S/C11H13N5O3S/c1-6-7(2)20-11(13-6)15-10(19)14-8-3-12-16(4-8)5-9(17)18/h3-4H,5H2,1-2H3,(H,17,18)(H2,13,14,15,19). The minimum absolute atomic E-state index is 0.256. The second-order valence-electron chi connectivity index (χ2n) is 4.06. The van der Waals surface area contributed by atoms with Crippen LogP contribution in [0.1, 0.15) is 10.6 Å². The van der Waals surface area contributed by atoms with Gasteiger partial charge in [-0.2, -0.15) is 5.10 Å². The van der Waals surface area contributed by atoms with Crippen LogP contribution in [0.5, 0.6) is 0 Å². The molecular formula is C11H13N5O3S. The second-order valence-corrected chi connectivity index (χ2v) is 5.26. The smallest absolute Gasteiger partial charge is 0.325 e. The summed E-state index contributed by atoms with van der Waals surface area (Å²) in [6, 6.07) is -0.450. The van der Waals surface area contributed by atoms with Crippen molar-refractivity contribution < 1.29 is 14.7 Å². The van der Waals surface area contributed by atoms with Crippen LogP contribution in [0.2, 0.25) is 0 Å². The molecule has 0 aromatic carbocycles. The summed E-state index contributed by atoms with van der Waals surface area (Å²) in [6.07, 6.45) is 2.81. The second kappa shape index (κ2) is 5.70. The van der Waals surface area contributed by atoms with E-state index in [1.807, 2.05) is 13.8 Å². The summed E-state index contributed by atoms with van der Waals surface area (Å²) < 4.78 is 1.22. The first-order chi connectivity index (χ1) is 9.44. The molecule has 0 aliphatic rings. The zero-order valence-corrected chi connectivity index (χ0v) is 11.7. The normalized spacial score (nSPS) is 10.3. The van der Waals surface area contributed by atoms with Gasteiger partial charge in [0.15, 0.2) is 5.13 Å². The van der Waals surface area contributed by atoms with Crippen molar-refractivity contribution >= 4 is 34.2 Å². The van der Waals surface area contributed by atoms with Crippen molar-refractivity contribution in [2.24, 2.45) is 0 Å². The van der Waals surface area contributed by atoms with E-state index in [1.54, 1.807) is 0 Å². The Morgan fingerprint density at radius 3 is 2.75 bits per heavy atom. The lowest BCUT2D eigenvalue weighted by atomic mass is 10.4. The highest BCUT2D eigenvalue weighted by atomic mass is 32.1. The van der Waals surface area contributed by atoms with Gasteiger partial charge in [-0.1, -0.05) is 0 Å². The highest BCUT2D eigenvalue weighted by Gasteiger charge is 2.09. The fraction of sp³-hybridized carbons (Fsp3) is 0.273. The number of carboxylic acid groups (broad SMARTS) is 1. The van der Waals surface area contributed by atoms with Crippen LogP contribution in [-0.4, -0.2) is 31.9 Å². The van der Waals surface area contributed by atoms with E-state index >= 15 is 0 Å². The molecule has 8 nitrogen and oxygen atoms in total. The van der Waals surface area contributed by atoms with Gasteiger partial charge in [-0.05, 0) is 13.8 Å². The number of carbonyl (C=O) groups is 2. The van der Waals surface area contributed by atoms with Gasteiger partial charge in [0.25, 0.3) is 0 Å². The maximum absolute atomic E-state index is 11.7. The average molecular weight is 295 g/mol. The molecule has 0 bridgehead atoms. The number of carboxylic acids is 1. The number of carbonyl (C=O) groups excluding carboxylic acids is 1. The van der Waals surface area contributed by atoms with Crippen molar-refractivity contribution in [2.45, 2.75) is 20.4 Å². The van der Waals surface area contributed by atoms with Crippen LogP contribution in [0.4, 0.5) is 15.6 Å². The number of urea groups is 1. The van der Waals surface area contributed by atoms with Crippen LogP contribution in [0.25, 0.3) is 0 Å². The average Bonchev–Trinajstić information content (AvgIpc) is 2.86. The number of amides is 2. The minimum Gasteiger partial charge on any atom is -0.480 e. The van der Waals surface area contributed by atoms with Crippen LogP contribution in [0.3, 0.4) is 0 Å². The number of anilines is 2. The Bertz CT molecular complexity index is 629. The van der Waals surface area contributed by atoms with Gasteiger partial charge in [0, 0.05) is 11.1 Å². The quantitative estimate of drug-likeness (QED) is 0.795. The van der Waals surface area contributed by atoms with Gasteiger partial charge in [-0.25, -0.2) is 9.78 Å². The zero-order valence-electron chi connectivity index (χ0n) is 10.9. The molecule has 2 amide bonds. The van der Waals surface area contributed by atoms with Crippen molar-refractivity contribution in [3.05, 3.63) is 23.0 Å². The Hall–Kier alpha value is -2.42. The van der Waals surface area contributed by atoms with Crippen LogP contribution in [0, 0.1) is 13.8 Å². The van der Waals surface area contributed by atoms with Crippen LogP contribution < -0.4 is 10.6 Å². The highest BCUT2D eigenvalue weighted by molar-refractivity contribution is 7.15. The predicted molar refractivity (Wildman–Crippen MR) is 74.1 cm³/mol. The molecule has 2 heterocycles. The molecule has 20 heavy (non-hydrogen) atoms. The lowest BCUT2D eigenvalue weighted by Crippen LogP contribution is -2.19. The molecule has 0 atom stereocenters. The van der Waals surface area contributed by atoms with Gasteiger partial charge < -0.3 is 10.4 Å². The highest BCUT2D eigenvalue weighted by Crippen LogP contribution is 2.21. The molecule has 2 aromatic rings. The van der Waals surface area contributed by atoms with Gasteiger partial charge >= 0.3 is 12.0 Å². The number of nitrogens with zero attached hydrogens (tertiary/aromatic N) is 3. The molecule has 0 saturated carbocycles. The number of rotatable bonds is 4. The number of thiazole rings is 1. The molecule has 2 rings (SSSR count). The van der Waals surface area contributed by atoms with E-state index in [9.17, 15) is 9.59 Å². The van der Waals surface area contributed by atoms with Gasteiger partial charge in [0.2, 0.25) is 0 Å². The lowest BCUT2D eigenvalue weighted by Gasteiger charge is -2.01. The lowest BCUT2D eigenvalue weighted by molar-refractivity contribution is -0.137.